The number of nitrogens with one attached hydrogen (secondary N) is 1. The molecule has 134 valence electrons. The molecule has 7 nitrogen and oxygen atoms in total. The quantitative estimate of drug-likeness (QED) is 0.709. The van der Waals surface area contributed by atoms with Gasteiger partial charge in [-0.3, -0.25) is 4.79 Å². The van der Waals surface area contributed by atoms with Crippen LogP contribution in [0.1, 0.15) is 23.8 Å². The topological polar surface area (TPSA) is 97.8 Å². The van der Waals surface area contributed by atoms with Gasteiger partial charge in [0.15, 0.2) is 6.10 Å². The van der Waals surface area contributed by atoms with Crippen LogP contribution in [0, 0.1) is 0 Å². The second-order valence-corrected chi connectivity index (χ2v) is 6.04. The van der Waals surface area contributed by atoms with E-state index in [0.29, 0.717) is 11.6 Å². The molecule has 8 heteroatoms. The second-order valence-electron chi connectivity index (χ2n) is 5.18. The lowest BCUT2D eigenvalue weighted by Gasteiger charge is -2.10. The minimum absolute atomic E-state index is 0.124. The van der Waals surface area contributed by atoms with Gasteiger partial charge in [-0.05, 0) is 30.7 Å². The van der Waals surface area contributed by atoms with E-state index in [1.807, 2.05) is 31.2 Å². The van der Waals surface area contributed by atoms with Gasteiger partial charge in [0, 0.05) is 18.1 Å². The van der Waals surface area contributed by atoms with Crippen LogP contribution in [0.3, 0.4) is 0 Å². The number of carboxylic acids is 1. The molecule has 0 spiro atoms. The molecule has 0 aliphatic carbocycles. The molecule has 1 unspecified atom stereocenters. The minimum atomic E-state index is -1.13. The van der Waals surface area contributed by atoms with Crippen LogP contribution in [0.2, 0.25) is 0 Å². The Labute approximate surface area is 149 Å². The molecule has 1 aromatic heterocycles. The number of nitrogens with zero attached hydrogens (tertiary/aromatic N) is 1. The Hall–Kier alpha value is -2.45. The molecular weight excluding hydrogens is 344 g/mol. The smallest absolute Gasteiger partial charge is 0.334 e. The van der Waals surface area contributed by atoms with Crippen molar-refractivity contribution in [2.45, 2.75) is 19.4 Å². The first-order chi connectivity index (χ1) is 12.0. The number of carboxylic acid groups (broad SMARTS) is 1. The Morgan fingerprint density at radius 1 is 1.32 bits per heavy atom. The summed E-state index contributed by atoms with van der Waals surface area (Å²) in [7, 11) is 1.28. The van der Waals surface area contributed by atoms with Gasteiger partial charge in [0.1, 0.15) is 16.5 Å². The molecule has 1 aromatic carbocycles. The molecular formula is C17H20N2O5S. The van der Waals surface area contributed by atoms with Gasteiger partial charge in [-0.15, -0.1) is 11.3 Å². The fourth-order valence-corrected chi connectivity index (χ4v) is 2.78. The SMILES string of the molecule is CCCOc1ccc(-c2nc(C(=O)NCC(OC)C(=O)O)cs2)cc1. The summed E-state index contributed by atoms with van der Waals surface area (Å²) < 4.78 is 10.3. The van der Waals surface area contributed by atoms with Crippen LogP contribution in [0.4, 0.5) is 0 Å². The van der Waals surface area contributed by atoms with Crippen molar-refractivity contribution in [1.29, 1.82) is 0 Å². The van der Waals surface area contributed by atoms with Crippen molar-refractivity contribution >= 4 is 23.2 Å². The molecule has 2 aromatic rings. The largest absolute Gasteiger partial charge is 0.494 e. The van der Waals surface area contributed by atoms with Crippen LogP contribution in [0.25, 0.3) is 10.6 Å². The highest BCUT2D eigenvalue weighted by molar-refractivity contribution is 7.13. The molecule has 1 amide bonds. The lowest BCUT2D eigenvalue weighted by molar-refractivity contribution is -0.148. The Balaban J connectivity index is 1.99. The summed E-state index contributed by atoms with van der Waals surface area (Å²) in [6, 6.07) is 7.50. The van der Waals surface area contributed by atoms with Crippen molar-refractivity contribution in [3.05, 3.63) is 35.3 Å². The molecule has 0 fully saturated rings. The molecule has 0 radical (unpaired) electrons. The number of carbonyl (C=O) groups excluding carboxylic acids is 1. The lowest BCUT2D eigenvalue weighted by Crippen LogP contribution is -2.37. The van der Waals surface area contributed by atoms with Crippen LogP contribution in [-0.4, -0.2) is 48.3 Å². The molecule has 0 aliphatic heterocycles. The Kier molecular flexibility index (Phi) is 6.91. The molecule has 1 atom stereocenters. The number of rotatable bonds is 9. The van der Waals surface area contributed by atoms with Crippen LogP contribution >= 0.6 is 11.3 Å². The van der Waals surface area contributed by atoms with Crippen molar-refractivity contribution in [3.8, 4) is 16.3 Å². The Bertz CT molecular complexity index is 714. The third-order valence-electron chi connectivity index (χ3n) is 3.32. The summed E-state index contributed by atoms with van der Waals surface area (Å²) in [6.07, 6.45) is -0.142. The number of hydrogen-bond donors (Lipinski definition) is 2. The standard InChI is InChI=1S/C17H20N2O5S/c1-3-8-24-12-6-4-11(5-7-12)16-19-13(10-25-16)15(20)18-9-14(23-2)17(21)22/h4-7,10,14H,3,8-9H2,1-2H3,(H,18,20)(H,21,22). The third kappa shape index (κ3) is 5.27. The molecule has 2 rings (SSSR count). The van der Waals surface area contributed by atoms with E-state index in [9.17, 15) is 9.59 Å². The van der Waals surface area contributed by atoms with Gasteiger partial charge < -0.3 is 19.9 Å². The maximum absolute atomic E-state index is 12.1. The number of aliphatic carboxylic acids is 1. The molecule has 2 N–H and O–H groups in total. The number of benzene rings is 1. The summed E-state index contributed by atoms with van der Waals surface area (Å²) in [5.41, 5.74) is 1.12. The van der Waals surface area contributed by atoms with Crippen molar-refractivity contribution < 1.29 is 24.2 Å². The van der Waals surface area contributed by atoms with E-state index in [1.54, 1.807) is 5.38 Å². The van der Waals surface area contributed by atoms with Crippen molar-refractivity contribution in [2.75, 3.05) is 20.3 Å². The molecule has 0 saturated carbocycles. The fourth-order valence-electron chi connectivity index (χ4n) is 1.97. The number of aromatic nitrogens is 1. The number of ether oxygens (including phenoxy) is 2. The zero-order valence-electron chi connectivity index (χ0n) is 14.0. The van der Waals surface area contributed by atoms with E-state index >= 15 is 0 Å². The molecule has 1 heterocycles. The summed E-state index contributed by atoms with van der Waals surface area (Å²) in [5.74, 6) is -0.778. The highest BCUT2D eigenvalue weighted by Crippen LogP contribution is 2.25. The van der Waals surface area contributed by atoms with Gasteiger partial charge in [-0.2, -0.15) is 0 Å². The Morgan fingerprint density at radius 3 is 2.64 bits per heavy atom. The van der Waals surface area contributed by atoms with E-state index in [-0.39, 0.29) is 12.2 Å². The second kappa shape index (κ2) is 9.14. The van der Waals surface area contributed by atoms with Crippen molar-refractivity contribution in [3.63, 3.8) is 0 Å². The van der Waals surface area contributed by atoms with Gasteiger partial charge in [0.2, 0.25) is 0 Å². The van der Waals surface area contributed by atoms with Crippen LogP contribution < -0.4 is 10.1 Å². The summed E-state index contributed by atoms with van der Waals surface area (Å²) in [4.78, 5) is 27.2. The number of thiazole rings is 1. The van der Waals surface area contributed by atoms with Gasteiger partial charge in [-0.1, -0.05) is 6.92 Å². The highest BCUT2D eigenvalue weighted by atomic mass is 32.1. The maximum atomic E-state index is 12.1. The van der Waals surface area contributed by atoms with Crippen molar-refractivity contribution in [2.24, 2.45) is 0 Å². The van der Waals surface area contributed by atoms with Crippen LogP contribution in [-0.2, 0) is 9.53 Å². The molecule has 0 saturated heterocycles. The predicted molar refractivity (Wildman–Crippen MR) is 94.1 cm³/mol. The number of hydrogen-bond acceptors (Lipinski definition) is 6. The van der Waals surface area contributed by atoms with E-state index in [4.69, 9.17) is 14.6 Å². The fraction of sp³-hybridized carbons (Fsp3) is 0.353. The average Bonchev–Trinajstić information content (AvgIpc) is 3.10. The first-order valence-electron chi connectivity index (χ1n) is 7.77. The third-order valence-corrected chi connectivity index (χ3v) is 4.21. The summed E-state index contributed by atoms with van der Waals surface area (Å²) in [5, 5.41) is 13.7. The van der Waals surface area contributed by atoms with Crippen molar-refractivity contribution in [1.82, 2.24) is 10.3 Å². The highest BCUT2D eigenvalue weighted by Gasteiger charge is 2.19. The van der Waals surface area contributed by atoms with Gasteiger partial charge >= 0.3 is 5.97 Å². The normalized spacial score (nSPS) is 11.8. The zero-order chi connectivity index (χ0) is 18.2. The van der Waals surface area contributed by atoms with E-state index in [1.165, 1.54) is 18.4 Å². The Morgan fingerprint density at radius 2 is 2.04 bits per heavy atom. The molecule has 25 heavy (non-hydrogen) atoms. The number of carbonyl (C=O) groups is 2. The van der Waals surface area contributed by atoms with E-state index in [0.717, 1.165) is 17.7 Å². The first kappa shape index (κ1) is 18.9. The maximum Gasteiger partial charge on any atom is 0.334 e. The summed E-state index contributed by atoms with van der Waals surface area (Å²) >= 11 is 1.34. The van der Waals surface area contributed by atoms with Gasteiger partial charge in [0.25, 0.3) is 5.91 Å². The summed E-state index contributed by atoms with van der Waals surface area (Å²) in [6.45, 7) is 2.59. The first-order valence-corrected chi connectivity index (χ1v) is 8.65. The minimum Gasteiger partial charge on any atom is -0.494 e. The lowest BCUT2D eigenvalue weighted by atomic mass is 10.2. The van der Waals surface area contributed by atoms with Crippen LogP contribution in [0.5, 0.6) is 5.75 Å². The van der Waals surface area contributed by atoms with Crippen LogP contribution in [0.15, 0.2) is 29.6 Å². The molecule has 0 bridgehead atoms. The zero-order valence-corrected chi connectivity index (χ0v) is 14.8. The van der Waals surface area contributed by atoms with E-state index in [2.05, 4.69) is 10.3 Å². The van der Waals surface area contributed by atoms with E-state index < -0.39 is 18.0 Å². The van der Waals surface area contributed by atoms with Gasteiger partial charge in [0.05, 0.1) is 13.2 Å². The molecule has 0 aliphatic rings. The van der Waals surface area contributed by atoms with Gasteiger partial charge in [-0.25, -0.2) is 9.78 Å². The number of methoxy groups -OCH3 is 1. The monoisotopic (exact) mass is 364 g/mol. The average molecular weight is 364 g/mol. The number of amides is 1. The predicted octanol–water partition coefficient (Wildman–Crippen LogP) is 2.43.